The van der Waals surface area contributed by atoms with Gasteiger partial charge in [-0.15, -0.1) is 0 Å². The number of nitrogens with one attached hydrogen (secondary N) is 1. The predicted molar refractivity (Wildman–Crippen MR) is 106 cm³/mol. The first-order chi connectivity index (χ1) is 14.2. The van der Waals surface area contributed by atoms with Crippen LogP contribution < -0.4 is 15.6 Å². The van der Waals surface area contributed by atoms with Crippen molar-refractivity contribution in [3.8, 4) is 11.4 Å². The molecule has 0 aliphatic carbocycles. The summed E-state index contributed by atoms with van der Waals surface area (Å²) in [5, 5.41) is 2.65. The molecule has 5 nitrogen and oxygen atoms in total. The van der Waals surface area contributed by atoms with Crippen molar-refractivity contribution in [2.75, 3.05) is 7.11 Å². The van der Waals surface area contributed by atoms with E-state index in [0.29, 0.717) is 11.4 Å². The van der Waals surface area contributed by atoms with Crippen LogP contribution in [0.25, 0.3) is 5.69 Å². The molecule has 8 heteroatoms. The highest BCUT2D eigenvalue weighted by atomic mass is 19.4. The summed E-state index contributed by atoms with van der Waals surface area (Å²) in [5.74, 6) is 0.0594. The third kappa shape index (κ3) is 4.53. The Morgan fingerprint density at radius 3 is 2.40 bits per heavy atom. The van der Waals surface area contributed by atoms with Crippen LogP contribution >= 0.6 is 0 Å². The number of carbonyl (C=O) groups is 1. The second-order valence-corrected chi connectivity index (χ2v) is 6.61. The second-order valence-electron chi connectivity index (χ2n) is 6.61. The number of amides is 1. The summed E-state index contributed by atoms with van der Waals surface area (Å²) in [5.41, 5.74) is -0.480. The van der Waals surface area contributed by atoms with Crippen molar-refractivity contribution in [2.24, 2.45) is 0 Å². The standard InChI is InChI=1S/C22H19F3N2O3/c1-14-6-11-19(20(28)26-13-15-7-9-18(30-2)10-8-15)21(29)27(14)17-5-3-4-16(12-17)22(23,24)25/h3-12H,13H2,1-2H3,(H,26,28). The lowest BCUT2D eigenvalue weighted by molar-refractivity contribution is -0.137. The Morgan fingerprint density at radius 2 is 1.77 bits per heavy atom. The maximum absolute atomic E-state index is 13.0. The van der Waals surface area contributed by atoms with Gasteiger partial charge in [-0.1, -0.05) is 18.2 Å². The molecule has 30 heavy (non-hydrogen) atoms. The number of carbonyl (C=O) groups excluding carboxylic acids is 1. The van der Waals surface area contributed by atoms with Crippen LogP contribution in [0.4, 0.5) is 13.2 Å². The maximum Gasteiger partial charge on any atom is 0.416 e. The molecule has 1 N–H and O–H groups in total. The molecule has 3 rings (SSSR count). The number of pyridine rings is 1. The lowest BCUT2D eigenvalue weighted by Gasteiger charge is -2.14. The van der Waals surface area contributed by atoms with E-state index < -0.39 is 23.2 Å². The number of nitrogens with zero attached hydrogens (tertiary/aromatic N) is 1. The van der Waals surface area contributed by atoms with Crippen molar-refractivity contribution in [1.82, 2.24) is 9.88 Å². The molecule has 0 atom stereocenters. The number of alkyl halides is 3. The maximum atomic E-state index is 13.0. The number of hydrogen-bond donors (Lipinski definition) is 1. The summed E-state index contributed by atoms with van der Waals surface area (Å²) < 4.78 is 45.3. The highest BCUT2D eigenvalue weighted by molar-refractivity contribution is 5.93. The minimum Gasteiger partial charge on any atom is -0.497 e. The summed E-state index contributed by atoms with van der Waals surface area (Å²) in [6.45, 7) is 1.76. The molecule has 156 valence electrons. The lowest BCUT2D eigenvalue weighted by atomic mass is 10.1. The minimum absolute atomic E-state index is 0.0390. The van der Waals surface area contributed by atoms with Gasteiger partial charge in [-0.2, -0.15) is 13.2 Å². The monoisotopic (exact) mass is 416 g/mol. The van der Waals surface area contributed by atoms with E-state index in [2.05, 4.69) is 5.32 Å². The Hall–Kier alpha value is -3.55. The van der Waals surface area contributed by atoms with E-state index in [1.165, 1.54) is 24.3 Å². The average molecular weight is 416 g/mol. The number of halogens is 3. The Bertz CT molecular complexity index is 1120. The molecule has 1 heterocycles. The van der Waals surface area contributed by atoms with Crippen LogP contribution in [-0.4, -0.2) is 17.6 Å². The number of methoxy groups -OCH3 is 1. The van der Waals surface area contributed by atoms with Gasteiger partial charge in [0.1, 0.15) is 11.3 Å². The van der Waals surface area contributed by atoms with Crippen LogP contribution in [-0.2, 0) is 12.7 Å². The SMILES string of the molecule is COc1ccc(CNC(=O)c2ccc(C)n(-c3cccc(C(F)(F)F)c3)c2=O)cc1. The van der Waals surface area contributed by atoms with Crippen LogP contribution in [0.3, 0.4) is 0 Å². The Labute approximate surface area is 170 Å². The molecule has 0 unspecified atom stereocenters. The molecule has 0 aliphatic heterocycles. The molecule has 1 aromatic heterocycles. The number of aromatic nitrogens is 1. The number of aryl methyl sites for hydroxylation is 1. The van der Waals surface area contributed by atoms with Crippen LogP contribution in [0.1, 0.15) is 27.2 Å². The molecule has 3 aromatic rings. The van der Waals surface area contributed by atoms with Gasteiger partial charge in [0.15, 0.2) is 0 Å². The zero-order valence-electron chi connectivity index (χ0n) is 16.3. The van der Waals surface area contributed by atoms with Gasteiger partial charge in [0.2, 0.25) is 0 Å². The average Bonchev–Trinajstić information content (AvgIpc) is 2.72. The third-order valence-electron chi connectivity index (χ3n) is 4.57. The van der Waals surface area contributed by atoms with E-state index >= 15 is 0 Å². The van der Waals surface area contributed by atoms with Crippen LogP contribution in [0.15, 0.2) is 65.5 Å². The summed E-state index contributed by atoms with van der Waals surface area (Å²) in [7, 11) is 1.55. The smallest absolute Gasteiger partial charge is 0.416 e. The first kappa shape index (κ1) is 21.2. The molecular weight excluding hydrogens is 397 g/mol. The molecule has 0 radical (unpaired) electrons. The van der Waals surface area contributed by atoms with Gasteiger partial charge < -0.3 is 10.1 Å². The molecular formula is C22H19F3N2O3. The first-order valence-corrected chi connectivity index (χ1v) is 9.02. The molecule has 0 saturated heterocycles. The van der Waals surface area contributed by atoms with E-state index in [4.69, 9.17) is 4.74 Å². The van der Waals surface area contributed by atoms with E-state index in [0.717, 1.165) is 22.3 Å². The number of benzene rings is 2. The second kappa shape index (κ2) is 8.44. The van der Waals surface area contributed by atoms with E-state index in [-0.39, 0.29) is 17.8 Å². The van der Waals surface area contributed by atoms with Crippen molar-refractivity contribution < 1.29 is 22.7 Å². The number of rotatable bonds is 5. The van der Waals surface area contributed by atoms with Crippen LogP contribution in [0, 0.1) is 6.92 Å². The number of ether oxygens (including phenoxy) is 1. The van der Waals surface area contributed by atoms with Gasteiger partial charge in [-0.25, -0.2) is 0 Å². The zero-order valence-corrected chi connectivity index (χ0v) is 16.3. The zero-order chi connectivity index (χ0) is 21.9. The molecule has 1 amide bonds. The summed E-state index contributed by atoms with van der Waals surface area (Å²) in [4.78, 5) is 25.4. The lowest BCUT2D eigenvalue weighted by Crippen LogP contribution is -2.33. The van der Waals surface area contributed by atoms with E-state index in [1.54, 1.807) is 38.3 Å². The molecule has 0 spiro atoms. The molecule has 0 bridgehead atoms. The van der Waals surface area contributed by atoms with Crippen LogP contribution in [0.2, 0.25) is 0 Å². The highest BCUT2D eigenvalue weighted by Gasteiger charge is 2.30. The third-order valence-corrected chi connectivity index (χ3v) is 4.57. The van der Waals surface area contributed by atoms with Crippen molar-refractivity contribution in [3.05, 3.63) is 93.4 Å². The Balaban J connectivity index is 1.89. The fourth-order valence-electron chi connectivity index (χ4n) is 2.97. The number of hydrogen-bond acceptors (Lipinski definition) is 3. The predicted octanol–water partition coefficient (Wildman–Crippen LogP) is 4.10. The van der Waals surface area contributed by atoms with Gasteiger partial charge in [0, 0.05) is 17.9 Å². The van der Waals surface area contributed by atoms with E-state index in [1.807, 2.05) is 0 Å². The summed E-state index contributed by atoms with van der Waals surface area (Å²) in [6.07, 6.45) is -4.54. The quantitative estimate of drug-likeness (QED) is 0.681. The van der Waals surface area contributed by atoms with Gasteiger partial charge in [0.25, 0.3) is 11.5 Å². The highest BCUT2D eigenvalue weighted by Crippen LogP contribution is 2.30. The van der Waals surface area contributed by atoms with E-state index in [9.17, 15) is 22.8 Å². The van der Waals surface area contributed by atoms with Crippen molar-refractivity contribution in [3.63, 3.8) is 0 Å². The Morgan fingerprint density at radius 1 is 1.07 bits per heavy atom. The van der Waals surface area contributed by atoms with Crippen LogP contribution in [0.5, 0.6) is 5.75 Å². The minimum atomic E-state index is -4.54. The molecule has 0 fully saturated rings. The molecule has 0 aliphatic rings. The van der Waals surface area contributed by atoms with Crippen molar-refractivity contribution in [1.29, 1.82) is 0 Å². The van der Waals surface area contributed by atoms with Gasteiger partial charge in [-0.05, 0) is 55.0 Å². The fourth-order valence-corrected chi connectivity index (χ4v) is 2.97. The van der Waals surface area contributed by atoms with Gasteiger partial charge >= 0.3 is 6.18 Å². The molecule has 2 aromatic carbocycles. The topological polar surface area (TPSA) is 60.3 Å². The normalized spacial score (nSPS) is 11.2. The van der Waals surface area contributed by atoms with Gasteiger partial charge in [0.05, 0.1) is 12.7 Å². The molecule has 0 saturated carbocycles. The summed E-state index contributed by atoms with van der Waals surface area (Å²) in [6, 6.07) is 14.3. The summed E-state index contributed by atoms with van der Waals surface area (Å²) >= 11 is 0. The first-order valence-electron chi connectivity index (χ1n) is 9.02. The van der Waals surface area contributed by atoms with Crippen molar-refractivity contribution in [2.45, 2.75) is 19.6 Å². The largest absolute Gasteiger partial charge is 0.497 e. The van der Waals surface area contributed by atoms with Crippen molar-refractivity contribution >= 4 is 5.91 Å². The Kier molecular flexibility index (Phi) is 5.96. The fraction of sp³-hybridized carbons (Fsp3) is 0.182. The van der Waals surface area contributed by atoms with Gasteiger partial charge in [-0.3, -0.25) is 14.2 Å².